The van der Waals surface area contributed by atoms with Gasteiger partial charge in [0.05, 0.1) is 6.04 Å². The second kappa shape index (κ2) is 6.31. The molecule has 1 aromatic carbocycles. The van der Waals surface area contributed by atoms with Crippen LogP contribution in [0.15, 0.2) is 18.2 Å². The standard InChI is InChI=1S/C15H20F2N2O/c1-9(13-8-11(16)4-7-14(13)17)19-15(20)10-2-5-12(18)6-3-10/h4,7-10,12H,2-3,5-6,18H2,1H3,(H,19,20). The van der Waals surface area contributed by atoms with E-state index in [2.05, 4.69) is 5.32 Å². The fourth-order valence-electron chi connectivity index (χ4n) is 2.64. The summed E-state index contributed by atoms with van der Waals surface area (Å²) >= 11 is 0. The van der Waals surface area contributed by atoms with E-state index in [1.807, 2.05) is 0 Å². The number of rotatable bonds is 3. The summed E-state index contributed by atoms with van der Waals surface area (Å²) in [5.41, 5.74) is 5.98. The van der Waals surface area contributed by atoms with Gasteiger partial charge in [-0.05, 0) is 50.8 Å². The highest BCUT2D eigenvalue weighted by Crippen LogP contribution is 2.25. The van der Waals surface area contributed by atoms with Crippen LogP contribution in [-0.2, 0) is 4.79 Å². The van der Waals surface area contributed by atoms with Crippen LogP contribution >= 0.6 is 0 Å². The first kappa shape index (κ1) is 14.9. The maximum atomic E-state index is 13.6. The van der Waals surface area contributed by atoms with Gasteiger partial charge in [0.2, 0.25) is 5.91 Å². The van der Waals surface area contributed by atoms with Crippen molar-refractivity contribution < 1.29 is 13.6 Å². The fourth-order valence-corrected chi connectivity index (χ4v) is 2.64. The number of nitrogens with one attached hydrogen (secondary N) is 1. The van der Waals surface area contributed by atoms with E-state index in [-0.39, 0.29) is 23.4 Å². The molecule has 0 heterocycles. The van der Waals surface area contributed by atoms with Crippen molar-refractivity contribution in [2.24, 2.45) is 11.7 Å². The van der Waals surface area contributed by atoms with Crippen LogP contribution < -0.4 is 11.1 Å². The fraction of sp³-hybridized carbons (Fsp3) is 0.533. The van der Waals surface area contributed by atoms with E-state index in [1.54, 1.807) is 6.92 Å². The molecule has 1 aliphatic carbocycles. The van der Waals surface area contributed by atoms with E-state index in [4.69, 9.17) is 5.73 Å². The Balaban J connectivity index is 1.98. The Morgan fingerprint density at radius 2 is 1.95 bits per heavy atom. The van der Waals surface area contributed by atoms with Crippen molar-refractivity contribution in [1.82, 2.24) is 5.32 Å². The van der Waals surface area contributed by atoms with E-state index in [0.29, 0.717) is 0 Å². The minimum Gasteiger partial charge on any atom is -0.349 e. The van der Waals surface area contributed by atoms with Crippen molar-refractivity contribution in [2.75, 3.05) is 0 Å². The molecule has 1 unspecified atom stereocenters. The van der Waals surface area contributed by atoms with Gasteiger partial charge in [-0.25, -0.2) is 8.78 Å². The maximum absolute atomic E-state index is 13.6. The van der Waals surface area contributed by atoms with Crippen LogP contribution in [-0.4, -0.2) is 11.9 Å². The normalized spacial score (nSPS) is 24.2. The number of benzene rings is 1. The smallest absolute Gasteiger partial charge is 0.223 e. The zero-order valence-electron chi connectivity index (χ0n) is 11.5. The van der Waals surface area contributed by atoms with Crippen LogP contribution in [0.25, 0.3) is 0 Å². The molecular formula is C15H20F2N2O. The third-order valence-corrected chi connectivity index (χ3v) is 3.93. The number of hydrogen-bond donors (Lipinski definition) is 2. The topological polar surface area (TPSA) is 55.1 Å². The van der Waals surface area contributed by atoms with Gasteiger partial charge in [0.25, 0.3) is 0 Å². The number of amides is 1. The first-order chi connectivity index (χ1) is 9.47. The SMILES string of the molecule is CC(NC(=O)C1CCC(N)CC1)c1cc(F)ccc1F. The Morgan fingerprint density at radius 3 is 2.60 bits per heavy atom. The van der Waals surface area contributed by atoms with E-state index < -0.39 is 17.7 Å². The van der Waals surface area contributed by atoms with Crippen LogP contribution in [0.4, 0.5) is 8.78 Å². The van der Waals surface area contributed by atoms with Crippen LogP contribution in [0.5, 0.6) is 0 Å². The molecule has 2 rings (SSSR count). The largest absolute Gasteiger partial charge is 0.349 e. The molecule has 1 fully saturated rings. The first-order valence-electron chi connectivity index (χ1n) is 6.98. The summed E-state index contributed by atoms with van der Waals surface area (Å²) in [6, 6.07) is 2.89. The molecule has 1 saturated carbocycles. The Labute approximate surface area is 117 Å². The third kappa shape index (κ3) is 3.54. The number of carbonyl (C=O) groups excluding carboxylic acids is 1. The molecule has 0 radical (unpaired) electrons. The van der Waals surface area contributed by atoms with Crippen molar-refractivity contribution >= 4 is 5.91 Å². The molecule has 3 nitrogen and oxygen atoms in total. The van der Waals surface area contributed by atoms with Gasteiger partial charge in [0.1, 0.15) is 11.6 Å². The second-order valence-electron chi connectivity index (χ2n) is 5.51. The minimum atomic E-state index is -0.547. The molecule has 5 heteroatoms. The van der Waals surface area contributed by atoms with Gasteiger partial charge in [-0.1, -0.05) is 0 Å². The zero-order valence-corrected chi connectivity index (χ0v) is 11.5. The van der Waals surface area contributed by atoms with Gasteiger partial charge in [-0.2, -0.15) is 0 Å². The minimum absolute atomic E-state index is 0.0751. The number of halogens is 2. The van der Waals surface area contributed by atoms with Gasteiger partial charge in [-0.3, -0.25) is 4.79 Å². The van der Waals surface area contributed by atoms with E-state index in [0.717, 1.165) is 43.9 Å². The quantitative estimate of drug-likeness (QED) is 0.895. The summed E-state index contributed by atoms with van der Waals surface area (Å²) in [5.74, 6) is -1.20. The van der Waals surface area contributed by atoms with E-state index >= 15 is 0 Å². The van der Waals surface area contributed by atoms with Crippen molar-refractivity contribution in [1.29, 1.82) is 0 Å². The zero-order chi connectivity index (χ0) is 14.7. The third-order valence-electron chi connectivity index (χ3n) is 3.93. The molecule has 1 amide bonds. The lowest BCUT2D eigenvalue weighted by molar-refractivity contribution is -0.126. The lowest BCUT2D eigenvalue weighted by Crippen LogP contribution is -2.37. The Kier molecular flexibility index (Phi) is 4.70. The molecule has 1 aromatic rings. The van der Waals surface area contributed by atoms with Crippen molar-refractivity contribution in [3.8, 4) is 0 Å². The predicted molar refractivity (Wildman–Crippen MR) is 72.8 cm³/mol. The molecule has 1 atom stereocenters. The monoisotopic (exact) mass is 282 g/mol. The molecular weight excluding hydrogens is 262 g/mol. The van der Waals surface area contributed by atoms with Crippen molar-refractivity contribution in [3.63, 3.8) is 0 Å². The average Bonchev–Trinajstić information content (AvgIpc) is 2.42. The van der Waals surface area contributed by atoms with Crippen LogP contribution in [0, 0.1) is 17.6 Å². The number of nitrogens with two attached hydrogens (primary N) is 1. The predicted octanol–water partition coefficient (Wildman–Crippen LogP) is 2.66. The molecule has 110 valence electrons. The second-order valence-corrected chi connectivity index (χ2v) is 5.51. The van der Waals surface area contributed by atoms with Gasteiger partial charge < -0.3 is 11.1 Å². The van der Waals surface area contributed by atoms with E-state index in [1.165, 1.54) is 0 Å². The highest BCUT2D eigenvalue weighted by atomic mass is 19.1. The summed E-state index contributed by atoms with van der Waals surface area (Å²) in [6.07, 6.45) is 3.18. The van der Waals surface area contributed by atoms with Crippen LogP contribution in [0.2, 0.25) is 0 Å². The summed E-state index contributed by atoms with van der Waals surface area (Å²) < 4.78 is 26.8. The van der Waals surface area contributed by atoms with Crippen molar-refractivity contribution in [2.45, 2.75) is 44.7 Å². The molecule has 0 bridgehead atoms. The maximum Gasteiger partial charge on any atom is 0.223 e. The molecule has 0 aliphatic heterocycles. The molecule has 0 spiro atoms. The van der Waals surface area contributed by atoms with Crippen LogP contribution in [0.3, 0.4) is 0 Å². The van der Waals surface area contributed by atoms with Gasteiger partial charge in [-0.15, -0.1) is 0 Å². The lowest BCUT2D eigenvalue weighted by atomic mass is 9.85. The molecule has 3 N–H and O–H groups in total. The molecule has 0 saturated heterocycles. The van der Waals surface area contributed by atoms with Gasteiger partial charge in [0, 0.05) is 17.5 Å². The average molecular weight is 282 g/mol. The highest BCUT2D eigenvalue weighted by Gasteiger charge is 2.26. The first-order valence-corrected chi connectivity index (χ1v) is 6.98. The summed E-state index contributed by atoms with van der Waals surface area (Å²) in [6.45, 7) is 1.66. The van der Waals surface area contributed by atoms with Crippen LogP contribution in [0.1, 0.15) is 44.2 Å². The van der Waals surface area contributed by atoms with Crippen molar-refractivity contribution in [3.05, 3.63) is 35.4 Å². The summed E-state index contributed by atoms with van der Waals surface area (Å²) in [7, 11) is 0. The lowest BCUT2D eigenvalue weighted by Gasteiger charge is -2.26. The van der Waals surface area contributed by atoms with E-state index in [9.17, 15) is 13.6 Å². The Bertz CT molecular complexity index is 485. The molecule has 1 aliphatic rings. The van der Waals surface area contributed by atoms with Gasteiger partial charge >= 0.3 is 0 Å². The summed E-state index contributed by atoms with van der Waals surface area (Å²) in [5, 5.41) is 2.76. The molecule has 20 heavy (non-hydrogen) atoms. The Hall–Kier alpha value is -1.49. The number of carbonyl (C=O) groups is 1. The van der Waals surface area contributed by atoms with Gasteiger partial charge in [0.15, 0.2) is 0 Å². The summed E-state index contributed by atoms with van der Waals surface area (Å²) in [4.78, 5) is 12.1. The molecule has 0 aromatic heterocycles. The Morgan fingerprint density at radius 1 is 1.30 bits per heavy atom. The highest BCUT2D eigenvalue weighted by molar-refractivity contribution is 5.79. The number of hydrogen-bond acceptors (Lipinski definition) is 2.